The van der Waals surface area contributed by atoms with Crippen LogP contribution in [0.25, 0.3) is 0 Å². The van der Waals surface area contributed by atoms with Crippen molar-refractivity contribution in [1.82, 2.24) is 9.55 Å². The van der Waals surface area contributed by atoms with Crippen molar-refractivity contribution >= 4 is 5.82 Å². The maximum Gasteiger partial charge on any atom is 0.293 e. The van der Waals surface area contributed by atoms with Gasteiger partial charge in [0.05, 0.1) is 6.10 Å². The van der Waals surface area contributed by atoms with Crippen molar-refractivity contribution in [3.63, 3.8) is 0 Å². The van der Waals surface area contributed by atoms with E-state index in [1.54, 1.807) is 19.4 Å². The lowest BCUT2D eigenvalue weighted by molar-refractivity contribution is 0.198. The Morgan fingerprint density at radius 3 is 3.07 bits per heavy atom. The zero-order valence-electron chi connectivity index (χ0n) is 8.05. The summed E-state index contributed by atoms with van der Waals surface area (Å²) < 4.78 is 1.49. The van der Waals surface area contributed by atoms with Crippen LogP contribution in [-0.4, -0.2) is 33.9 Å². The smallest absolute Gasteiger partial charge is 0.293 e. The van der Waals surface area contributed by atoms with Gasteiger partial charge in [0.1, 0.15) is 0 Å². The number of aryl methyl sites for hydroxylation is 1. The molecule has 1 aromatic heterocycles. The number of β-amino-alcohol motifs (C(OH)–C–C–N with tert-alkyl or cyclic N) is 1. The van der Waals surface area contributed by atoms with Crippen LogP contribution in [0, 0.1) is 0 Å². The van der Waals surface area contributed by atoms with Crippen LogP contribution < -0.4 is 10.5 Å². The van der Waals surface area contributed by atoms with E-state index in [4.69, 9.17) is 0 Å². The van der Waals surface area contributed by atoms with Crippen molar-refractivity contribution in [2.75, 3.05) is 18.0 Å². The molecule has 1 aliphatic heterocycles. The third kappa shape index (κ3) is 1.50. The molecule has 0 saturated carbocycles. The summed E-state index contributed by atoms with van der Waals surface area (Å²) in [7, 11) is 1.69. The number of aromatic nitrogens is 2. The molecule has 0 radical (unpaired) electrons. The van der Waals surface area contributed by atoms with Crippen molar-refractivity contribution < 1.29 is 5.11 Å². The molecule has 1 fully saturated rings. The maximum atomic E-state index is 11.6. The van der Waals surface area contributed by atoms with E-state index in [2.05, 4.69) is 4.98 Å². The Morgan fingerprint density at radius 2 is 2.43 bits per heavy atom. The predicted octanol–water partition coefficient (Wildman–Crippen LogP) is -0.649. The number of aliphatic hydroxyl groups is 1. The van der Waals surface area contributed by atoms with Gasteiger partial charge < -0.3 is 14.6 Å². The van der Waals surface area contributed by atoms with Gasteiger partial charge in [0, 0.05) is 32.5 Å². The van der Waals surface area contributed by atoms with E-state index in [0.29, 0.717) is 25.3 Å². The molecular weight excluding hydrogens is 182 g/mol. The molecule has 0 aromatic carbocycles. The molecule has 1 saturated heterocycles. The van der Waals surface area contributed by atoms with Crippen molar-refractivity contribution in [3.8, 4) is 0 Å². The molecule has 5 nitrogen and oxygen atoms in total. The fourth-order valence-electron chi connectivity index (χ4n) is 1.64. The molecule has 14 heavy (non-hydrogen) atoms. The summed E-state index contributed by atoms with van der Waals surface area (Å²) in [5.74, 6) is 0.437. The maximum absolute atomic E-state index is 11.6. The number of nitrogens with zero attached hydrogens (tertiary/aromatic N) is 3. The lowest BCUT2D eigenvalue weighted by atomic mass is 10.3. The monoisotopic (exact) mass is 195 g/mol. The van der Waals surface area contributed by atoms with Crippen LogP contribution in [0.4, 0.5) is 5.82 Å². The first-order chi connectivity index (χ1) is 6.68. The first-order valence-electron chi connectivity index (χ1n) is 4.63. The Hall–Kier alpha value is -1.36. The van der Waals surface area contributed by atoms with Gasteiger partial charge in [-0.25, -0.2) is 4.98 Å². The molecule has 0 amide bonds. The summed E-state index contributed by atoms with van der Waals surface area (Å²) >= 11 is 0. The second kappa shape index (κ2) is 3.42. The molecule has 0 aliphatic carbocycles. The highest BCUT2D eigenvalue weighted by atomic mass is 16.3. The number of anilines is 1. The summed E-state index contributed by atoms with van der Waals surface area (Å²) in [5.41, 5.74) is -0.110. The Balaban J connectivity index is 2.33. The molecule has 1 N–H and O–H groups in total. The highest BCUT2D eigenvalue weighted by Crippen LogP contribution is 2.13. The molecule has 1 atom stereocenters. The van der Waals surface area contributed by atoms with E-state index in [0.717, 1.165) is 0 Å². The van der Waals surface area contributed by atoms with E-state index < -0.39 is 0 Å². The van der Waals surface area contributed by atoms with E-state index in [9.17, 15) is 9.90 Å². The topological polar surface area (TPSA) is 58.4 Å². The van der Waals surface area contributed by atoms with Gasteiger partial charge in [0.25, 0.3) is 5.56 Å². The van der Waals surface area contributed by atoms with Gasteiger partial charge in [-0.1, -0.05) is 0 Å². The number of hydrogen-bond acceptors (Lipinski definition) is 4. The van der Waals surface area contributed by atoms with Gasteiger partial charge in [-0.3, -0.25) is 4.79 Å². The van der Waals surface area contributed by atoms with Crippen molar-refractivity contribution in [1.29, 1.82) is 0 Å². The van der Waals surface area contributed by atoms with Gasteiger partial charge in [-0.05, 0) is 6.42 Å². The summed E-state index contributed by atoms with van der Waals surface area (Å²) in [5, 5.41) is 9.34. The number of rotatable bonds is 1. The Labute approximate surface area is 81.6 Å². The van der Waals surface area contributed by atoms with Gasteiger partial charge in [-0.2, -0.15) is 0 Å². The average molecular weight is 195 g/mol. The molecule has 5 heteroatoms. The third-order valence-electron chi connectivity index (χ3n) is 2.46. The quantitative estimate of drug-likeness (QED) is 0.647. The van der Waals surface area contributed by atoms with Gasteiger partial charge in [-0.15, -0.1) is 0 Å². The third-order valence-corrected chi connectivity index (χ3v) is 2.46. The Morgan fingerprint density at radius 1 is 1.64 bits per heavy atom. The minimum absolute atomic E-state index is 0.110. The number of hydrogen-bond donors (Lipinski definition) is 1. The number of aliphatic hydroxyl groups excluding tert-OH is 1. The molecule has 76 valence electrons. The molecule has 0 bridgehead atoms. The van der Waals surface area contributed by atoms with Crippen LogP contribution in [-0.2, 0) is 7.05 Å². The zero-order valence-corrected chi connectivity index (χ0v) is 8.05. The lowest BCUT2D eigenvalue weighted by Crippen LogP contribution is -2.31. The fourth-order valence-corrected chi connectivity index (χ4v) is 1.64. The largest absolute Gasteiger partial charge is 0.391 e. The van der Waals surface area contributed by atoms with Crippen molar-refractivity contribution in [3.05, 3.63) is 22.7 Å². The molecule has 1 aromatic rings. The summed E-state index contributed by atoms with van der Waals surface area (Å²) in [4.78, 5) is 17.5. The van der Waals surface area contributed by atoms with Crippen LogP contribution in [0.1, 0.15) is 6.42 Å². The molecule has 2 heterocycles. The van der Waals surface area contributed by atoms with Crippen LogP contribution >= 0.6 is 0 Å². The highest BCUT2D eigenvalue weighted by molar-refractivity contribution is 5.37. The fraction of sp³-hybridized carbons (Fsp3) is 0.556. The SMILES string of the molecule is Cn1ccnc(N2CC[C@@H](O)C2)c1=O. The summed E-state index contributed by atoms with van der Waals surface area (Å²) in [6.07, 6.45) is 3.60. The molecule has 0 spiro atoms. The molecule has 1 aliphatic rings. The van der Waals surface area contributed by atoms with Crippen LogP contribution in [0.3, 0.4) is 0 Å². The van der Waals surface area contributed by atoms with E-state index in [1.807, 2.05) is 4.90 Å². The van der Waals surface area contributed by atoms with E-state index in [1.165, 1.54) is 4.57 Å². The van der Waals surface area contributed by atoms with E-state index in [-0.39, 0.29) is 11.7 Å². The molecule has 2 rings (SSSR count). The summed E-state index contributed by atoms with van der Waals surface area (Å²) in [6.45, 7) is 1.21. The first kappa shape index (κ1) is 9.21. The van der Waals surface area contributed by atoms with Crippen LogP contribution in [0.5, 0.6) is 0 Å². The van der Waals surface area contributed by atoms with Gasteiger partial charge >= 0.3 is 0 Å². The second-order valence-corrected chi connectivity index (χ2v) is 3.56. The van der Waals surface area contributed by atoms with Gasteiger partial charge in [0.15, 0.2) is 5.82 Å². The minimum atomic E-state index is -0.332. The van der Waals surface area contributed by atoms with Crippen molar-refractivity contribution in [2.45, 2.75) is 12.5 Å². The summed E-state index contributed by atoms with van der Waals surface area (Å²) in [6, 6.07) is 0. The molecular formula is C9H13N3O2. The van der Waals surface area contributed by atoms with E-state index >= 15 is 0 Å². The lowest BCUT2D eigenvalue weighted by Gasteiger charge is -2.15. The first-order valence-corrected chi connectivity index (χ1v) is 4.63. The average Bonchev–Trinajstić information content (AvgIpc) is 2.57. The van der Waals surface area contributed by atoms with Gasteiger partial charge in [0.2, 0.25) is 0 Å². The molecule has 0 unspecified atom stereocenters. The Bertz CT molecular complexity index is 388. The Kier molecular flexibility index (Phi) is 2.25. The standard InChI is InChI=1S/C9H13N3O2/c1-11-5-3-10-8(9(11)14)12-4-2-7(13)6-12/h3,5,7,13H,2,4,6H2,1H3/t7-/m1/s1. The normalized spacial score (nSPS) is 21.6. The predicted molar refractivity (Wildman–Crippen MR) is 52.3 cm³/mol. The van der Waals surface area contributed by atoms with Crippen molar-refractivity contribution in [2.24, 2.45) is 7.05 Å². The minimum Gasteiger partial charge on any atom is -0.391 e. The van der Waals surface area contributed by atoms with Crippen LogP contribution in [0.15, 0.2) is 17.2 Å². The second-order valence-electron chi connectivity index (χ2n) is 3.56. The van der Waals surface area contributed by atoms with Crippen LogP contribution in [0.2, 0.25) is 0 Å². The highest BCUT2D eigenvalue weighted by Gasteiger charge is 2.23. The zero-order chi connectivity index (χ0) is 10.1.